The minimum absolute atomic E-state index is 0.0176. The maximum absolute atomic E-state index is 12.5. The molecule has 1 amide bonds. The van der Waals surface area contributed by atoms with E-state index in [0.717, 1.165) is 92.0 Å². The third-order valence-electron chi connectivity index (χ3n) is 21.9. The van der Waals surface area contributed by atoms with Crippen LogP contribution in [0.25, 0.3) is 50.1 Å². The number of anilines is 1. The molecule has 6 aromatic heterocycles. The van der Waals surface area contributed by atoms with E-state index in [-0.39, 0.29) is 78.8 Å². The molecule has 12 heterocycles. The number of carbonyl (C=O) groups is 1. The van der Waals surface area contributed by atoms with Crippen LogP contribution < -0.4 is 71.7 Å². The fourth-order valence-corrected chi connectivity index (χ4v) is 15.5. The molecule has 33 nitrogen and oxygen atoms in total. The average molecular weight is 1850 g/mol. The number of aryl methyl sites for hydroxylation is 3. The van der Waals surface area contributed by atoms with Gasteiger partial charge in [0.2, 0.25) is 0 Å². The predicted octanol–water partition coefficient (Wildman–Crippen LogP) is 10.8. The lowest BCUT2D eigenvalue weighted by atomic mass is 10.1. The molecule has 1 unspecified atom stereocenters. The molecule has 4 saturated heterocycles. The van der Waals surface area contributed by atoms with Crippen molar-refractivity contribution in [2.75, 3.05) is 99.8 Å². The van der Waals surface area contributed by atoms with Crippen LogP contribution in [0, 0.1) is 0 Å². The molecule has 6 aliphatic heterocycles. The Hall–Kier alpha value is -10.9. The molecule has 129 heavy (non-hydrogen) atoms. The Labute approximate surface area is 761 Å². The highest BCUT2D eigenvalue weighted by atomic mass is 35.5. The second kappa shape index (κ2) is 45.1. The number of benzene rings is 6. The van der Waals surface area contributed by atoms with Gasteiger partial charge in [-0.25, -0.2) is 19.9 Å². The Bertz CT molecular complexity index is 6090. The third kappa shape index (κ3) is 25.0. The Balaban J connectivity index is 0.000000132. The van der Waals surface area contributed by atoms with Crippen molar-refractivity contribution < 1.29 is 76.2 Å². The van der Waals surface area contributed by atoms with Crippen molar-refractivity contribution >= 4 is 108 Å². The van der Waals surface area contributed by atoms with Gasteiger partial charge in [0.25, 0.3) is 22.6 Å². The van der Waals surface area contributed by atoms with Crippen LogP contribution in [0.5, 0.6) is 34.5 Å². The van der Waals surface area contributed by atoms with E-state index in [9.17, 15) is 24.3 Å². The monoisotopic (exact) mass is 1840 g/mol. The number of methoxy groups -OCH3 is 4. The lowest BCUT2D eigenvalue weighted by Gasteiger charge is -2.32. The van der Waals surface area contributed by atoms with Crippen LogP contribution in [0.3, 0.4) is 0 Å². The Morgan fingerprint density at radius 1 is 0.481 bits per heavy atom. The molecule has 0 spiro atoms. The molecule has 6 aliphatic rings. The number of aromatic nitrogens is 9. The van der Waals surface area contributed by atoms with Gasteiger partial charge in [0.15, 0.2) is 43.3 Å². The number of fused-ring (bicyclic) bond motifs is 6. The van der Waals surface area contributed by atoms with Crippen LogP contribution in [0.4, 0.5) is 5.82 Å². The largest absolute Gasteiger partial charge is 0.497 e. The smallest absolute Gasteiger partial charge is 0.269 e. The van der Waals surface area contributed by atoms with E-state index in [0.29, 0.717) is 165 Å². The minimum Gasteiger partial charge on any atom is -0.497 e. The van der Waals surface area contributed by atoms with Crippen molar-refractivity contribution in [2.24, 2.45) is 0 Å². The summed E-state index contributed by atoms with van der Waals surface area (Å²) in [6.07, 6.45) is 11.5. The van der Waals surface area contributed by atoms with Gasteiger partial charge in [-0.1, -0.05) is 64.6 Å². The zero-order valence-corrected chi connectivity index (χ0v) is 74.1. The van der Waals surface area contributed by atoms with E-state index < -0.39 is 12.4 Å². The third-order valence-corrected chi connectivity index (χ3v) is 23.4. The molecule has 678 valence electrons. The van der Waals surface area contributed by atoms with Crippen molar-refractivity contribution in [3.8, 4) is 34.5 Å². The van der Waals surface area contributed by atoms with Gasteiger partial charge in [0.05, 0.1) is 213 Å². The van der Waals surface area contributed by atoms with Gasteiger partial charge in [0.1, 0.15) is 34.9 Å². The lowest BCUT2D eigenvalue weighted by Crippen LogP contribution is -2.49. The molecule has 12 aromatic rings. The van der Waals surface area contributed by atoms with Gasteiger partial charge >= 0.3 is 0 Å². The number of rotatable bonds is 27. The predicted molar refractivity (Wildman–Crippen MR) is 485 cm³/mol. The fourth-order valence-electron chi connectivity index (χ4n) is 14.9. The van der Waals surface area contributed by atoms with E-state index >= 15 is 0 Å². The summed E-state index contributed by atoms with van der Waals surface area (Å²) in [6.45, 7) is 7.85. The Morgan fingerprint density at radius 2 is 0.961 bits per heavy atom. The molecule has 0 radical (unpaired) electrons. The van der Waals surface area contributed by atoms with Crippen molar-refractivity contribution in [1.29, 1.82) is 0 Å². The zero-order valence-electron chi connectivity index (χ0n) is 71.1. The number of aliphatic hydroxyl groups is 1. The molecule has 4 fully saturated rings. The highest BCUT2D eigenvalue weighted by Crippen LogP contribution is 2.31. The van der Waals surface area contributed by atoms with E-state index in [1.54, 1.807) is 73.1 Å². The molecule has 6 N–H and O–H groups in total. The summed E-state index contributed by atoms with van der Waals surface area (Å²) >= 11 is 24.0. The number of halogens is 4. The van der Waals surface area contributed by atoms with E-state index in [2.05, 4.69) is 62.6 Å². The second-order valence-electron chi connectivity index (χ2n) is 30.8. The van der Waals surface area contributed by atoms with Crippen molar-refractivity contribution in [3.63, 3.8) is 0 Å². The summed E-state index contributed by atoms with van der Waals surface area (Å²) in [5.74, 6) is 4.33. The number of ether oxygens (including phenoxy) is 14. The number of aliphatic hydroxyl groups excluding tert-OH is 1. The highest BCUT2D eigenvalue weighted by Gasteiger charge is 2.31. The summed E-state index contributed by atoms with van der Waals surface area (Å²) in [5, 5.41) is 30.2. The molecule has 18 rings (SSSR count). The van der Waals surface area contributed by atoms with E-state index in [1.165, 1.54) is 35.8 Å². The number of amides is 1. The summed E-state index contributed by atoms with van der Waals surface area (Å²) in [7, 11) is 6.39. The summed E-state index contributed by atoms with van der Waals surface area (Å²) in [4.78, 5) is 74.6. The molecule has 0 aliphatic carbocycles. The number of nitrogens with one attached hydrogen (secondary N) is 5. The van der Waals surface area contributed by atoms with Crippen LogP contribution >= 0.6 is 46.4 Å². The van der Waals surface area contributed by atoms with Crippen LogP contribution in [0.2, 0.25) is 20.1 Å². The average Bonchev–Trinajstić information content (AvgIpc) is 0.807. The van der Waals surface area contributed by atoms with Crippen molar-refractivity contribution in [2.45, 2.75) is 127 Å². The first kappa shape index (κ1) is 92.8. The molecule has 37 heteroatoms. The van der Waals surface area contributed by atoms with Crippen LogP contribution in [-0.2, 0) is 94.9 Å². The van der Waals surface area contributed by atoms with Gasteiger partial charge in [-0.15, -0.1) is 0 Å². The van der Waals surface area contributed by atoms with E-state index in [1.807, 2.05) is 109 Å². The van der Waals surface area contributed by atoms with Gasteiger partial charge < -0.3 is 112 Å². The van der Waals surface area contributed by atoms with Crippen molar-refractivity contribution in [1.82, 2.24) is 64.9 Å². The van der Waals surface area contributed by atoms with Gasteiger partial charge in [-0.05, 0) is 144 Å². The van der Waals surface area contributed by atoms with Gasteiger partial charge in [-0.3, -0.25) is 29.1 Å². The number of pyridine rings is 3. The normalized spacial score (nSPS) is 19.8. The Kier molecular flexibility index (Phi) is 32.4. The summed E-state index contributed by atoms with van der Waals surface area (Å²) in [5.41, 5.74) is 10.4. The quantitative estimate of drug-likeness (QED) is 0.0278. The second-order valence-corrected chi connectivity index (χ2v) is 32.5. The number of hydrogen-bond donors (Lipinski definition) is 6. The molecular weight excluding hydrogens is 1750 g/mol. The van der Waals surface area contributed by atoms with Gasteiger partial charge in [0, 0.05) is 81.9 Å². The van der Waals surface area contributed by atoms with Crippen LogP contribution in [-0.4, -0.2) is 205 Å². The van der Waals surface area contributed by atoms with E-state index in [4.69, 9.17) is 113 Å². The molecule has 0 bridgehead atoms. The van der Waals surface area contributed by atoms with Crippen LogP contribution in [0.15, 0.2) is 185 Å². The maximum Gasteiger partial charge on any atom is 0.269 e. The molecular formula is C92H98Cl4N14O19. The first-order valence-corrected chi connectivity index (χ1v) is 43.5. The number of hydrogen-bond acceptors (Lipinski definition) is 29. The standard InChI is InChI=1S/C24H28N4O5.C23H22Cl2N2O3.C23H25N5O7.C22H23Cl2N3O4/c1-30-19-4-5-20-21(10-19)28(23(29)13-27-20)7-6-24-32-14-18(15-33-24)25-11-17-9-16-3-2-8-31-22(16)12-26-17;1-28-18-4-6-22-19(11-18)16(8-9-26-22)3-7-23-29-13-17(14-30-23)27-12-15-2-5-20(24)21(25)10-15;1-32-15-3-4-16-17(6-15)28(21(31)8-25-16)9-18(29)23-34-10-14(11-35-23)24-7-13-2-5-19-22(26-13)27-20(30)12-33-19;1-29-16-3-5-19-20(9-16)27(21(28)11-26-19)7-6-22-30-12-15(13-31-22)25-10-14-2-4-17(23)18(24)8-14/h4-5,9-10,12-13,18,24-25H,2-3,6-8,11,14-15H2,1H3;2-11,17,23,27H,12-14H2,1H3;2-6,8,14,18,23-24,29H,7,9-12H2,1H3,(H,26,27,30);2-5,8-9,11,15,22,25H,6-7,10,12-13H2,1H3/b;7-3+;;. The Morgan fingerprint density at radius 3 is 1.49 bits per heavy atom. The number of carbonyl (C=O) groups excluding carboxylic acids is 1. The SMILES string of the molecule is COc1ccc2ncc(=O)n(CC(O)C3OCC(NCc4ccc5c(n4)NC(=O)CO5)CO3)c2c1.COc1ccc2ncc(=O)n(CCC3OCC(NCc4cc5c(cn4)OCCC5)CO3)c2c1.COc1ccc2ncc(=O)n(CCC3OCC(NCc4ccc(Cl)c(Cl)c4)CO3)c2c1.COc1ccc2nccc(/C=C/C3OCC(NCc4ccc(Cl)c(Cl)c4)CO3)c2c1. The first-order valence-electron chi connectivity index (χ1n) is 42.0. The zero-order chi connectivity index (χ0) is 89.7. The maximum atomic E-state index is 12.5. The summed E-state index contributed by atoms with van der Waals surface area (Å²) in [6, 6.07) is 41.0. The fraction of sp³-hybridized carbons (Fsp3) is 0.370. The minimum atomic E-state index is -1.07. The topological polar surface area (TPSA) is 370 Å². The number of nitrogens with zero attached hydrogens (tertiary/aromatic N) is 9. The van der Waals surface area contributed by atoms with Gasteiger partial charge in [-0.2, -0.15) is 0 Å². The molecule has 0 saturated carbocycles. The lowest BCUT2D eigenvalue weighted by molar-refractivity contribution is -0.233. The molecule has 1 atom stereocenters. The van der Waals surface area contributed by atoms with Crippen molar-refractivity contribution in [3.05, 3.63) is 255 Å². The summed E-state index contributed by atoms with van der Waals surface area (Å²) < 4.78 is 83.5. The first-order chi connectivity index (χ1) is 62.8. The van der Waals surface area contributed by atoms with Crippen LogP contribution in [0.1, 0.15) is 52.9 Å². The molecule has 6 aromatic carbocycles. The highest BCUT2D eigenvalue weighted by molar-refractivity contribution is 6.42.